The zero-order valence-corrected chi connectivity index (χ0v) is 13.8. The summed E-state index contributed by atoms with van der Waals surface area (Å²) in [7, 11) is 1.64. The van der Waals surface area contributed by atoms with Crippen molar-refractivity contribution in [2.24, 2.45) is 0 Å². The maximum atomic E-state index is 12.1. The van der Waals surface area contributed by atoms with Gasteiger partial charge in [0, 0.05) is 15.8 Å². The van der Waals surface area contributed by atoms with E-state index in [2.05, 4.69) is 20.7 Å². The zero-order valence-electron chi connectivity index (χ0n) is 11.4. The largest absolute Gasteiger partial charge is 0.598 e. The summed E-state index contributed by atoms with van der Waals surface area (Å²) < 4.78 is 21.1. The Bertz CT molecular complexity index is 406. The molecule has 102 valence electrons. The summed E-state index contributed by atoms with van der Waals surface area (Å²) in [6.45, 7) is 7.83. The van der Waals surface area contributed by atoms with Gasteiger partial charge in [0.2, 0.25) is 0 Å². The molecule has 1 aromatic rings. The average molecular weight is 334 g/mol. The molecule has 0 aliphatic rings. The van der Waals surface area contributed by atoms with Crippen LogP contribution < -0.4 is 9.46 Å². The summed E-state index contributed by atoms with van der Waals surface area (Å²) in [6, 6.07) is 5.75. The van der Waals surface area contributed by atoms with Crippen LogP contribution in [0.3, 0.4) is 0 Å². The fourth-order valence-electron chi connectivity index (χ4n) is 1.38. The van der Waals surface area contributed by atoms with E-state index in [1.165, 1.54) is 0 Å². The SMILES string of the molecule is COc1ccc(Br)c([C@@H](C)N[S@+]([O-])C(C)(C)C)c1. The van der Waals surface area contributed by atoms with Crippen molar-refractivity contribution in [3.05, 3.63) is 28.2 Å². The fourth-order valence-corrected chi connectivity index (χ4v) is 2.77. The summed E-state index contributed by atoms with van der Waals surface area (Å²) in [6.07, 6.45) is 0. The summed E-state index contributed by atoms with van der Waals surface area (Å²) in [5.41, 5.74) is 1.03. The first kappa shape index (κ1) is 15.8. The molecule has 0 unspecified atom stereocenters. The molecular formula is C13H20BrNO2S. The lowest BCUT2D eigenvalue weighted by Crippen LogP contribution is -2.40. The van der Waals surface area contributed by atoms with Crippen molar-refractivity contribution in [3.8, 4) is 5.75 Å². The third-order valence-corrected chi connectivity index (χ3v) is 4.91. The first-order valence-corrected chi connectivity index (χ1v) is 7.71. The second-order valence-electron chi connectivity index (χ2n) is 5.11. The quantitative estimate of drug-likeness (QED) is 0.856. The van der Waals surface area contributed by atoms with Gasteiger partial charge in [-0.05, 0) is 51.5 Å². The van der Waals surface area contributed by atoms with Crippen molar-refractivity contribution < 1.29 is 9.29 Å². The van der Waals surface area contributed by atoms with Gasteiger partial charge in [0.25, 0.3) is 0 Å². The van der Waals surface area contributed by atoms with Gasteiger partial charge in [0.05, 0.1) is 13.2 Å². The van der Waals surface area contributed by atoms with Crippen LogP contribution in [0.15, 0.2) is 22.7 Å². The van der Waals surface area contributed by atoms with E-state index in [1.54, 1.807) is 7.11 Å². The summed E-state index contributed by atoms with van der Waals surface area (Å²) >= 11 is 2.41. The number of rotatable bonds is 4. The van der Waals surface area contributed by atoms with E-state index in [0.29, 0.717) is 0 Å². The van der Waals surface area contributed by atoms with Gasteiger partial charge in [-0.25, -0.2) is 0 Å². The van der Waals surface area contributed by atoms with Gasteiger partial charge in [-0.15, -0.1) is 4.72 Å². The number of hydrogen-bond acceptors (Lipinski definition) is 3. The van der Waals surface area contributed by atoms with Crippen LogP contribution in [0.5, 0.6) is 5.75 Å². The van der Waals surface area contributed by atoms with Crippen LogP contribution in [0.1, 0.15) is 39.3 Å². The van der Waals surface area contributed by atoms with Crippen LogP contribution in [0.25, 0.3) is 0 Å². The molecule has 1 aromatic carbocycles. The molecule has 5 heteroatoms. The molecule has 18 heavy (non-hydrogen) atoms. The van der Waals surface area contributed by atoms with Crippen LogP contribution >= 0.6 is 15.9 Å². The molecule has 2 atom stereocenters. The number of benzene rings is 1. The molecule has 0 aliphatic heterocycles. The Morgan fingerprint density at radius 1 is 1.39 bits per heavy atom. The van der Waals surface area contributed by atoms with E-state index in [-0.39, 0.29) is 10.8 Å². The Morgan fingerprint density at radius 2 is 2.00 bits per heavy atom. The topological polar surface area (TPSA) is 44.3 Å². The number of ether oxygens (including phenoxy) is 1. The van der Waals surface area contributed by atoms with Crippen molar-refractivity contribution in [1.29, 1.82) is 0 Å². The van der Waals surface area contributed by atoms with E-state index >= 15 is 0 Å². The Morgan fingerprint density at radius 3 is 2.50 bits per heavy atom. The predicted octanol–water partition coefficient (Wildman–Crippen LogP) is 3.57. The molecule has 0 heterocycles. The van der Waals surface area contributed by atoms with Gasteiger partial charge in [0.1, 0.15) is 10.5 Å². The van der Waals surface area contributed by atoms with Gasteiger partial charge in [-0.1, -0.05) is 15.9 Å². The highest BCUT2D eigenvalue weighted by Crippen LogP contribution is 2.29. The van der Waals surface area contributed by atoms with E-state index in [4.69, 9.17) is 4.74 Å². The van der Waals surface area contributed by atoms with Gasteiger partial charge in [-0.2, -0.15) is 0 Å². The van der Waals surface area contributed by atoms with Gasteiger partial charge in [-0.3, -0.25) is 0 Å². The van der Waals surface area contributed by atoms with Gasteiger partial charge in [0.15, 0.2) is 0 Å². The van der Waals surface area contributed by atoms with Crippen molar-refractivity contribution in [1.82, 2.24) is 4.72 Å². The molecule has 0 fully saturated rings. The lowest BCUT2D eigenvalue weighted by molar-refractivity contribution is 0.413. The number of halogens is 1. The van der Waals surface area contributed by atoms with Crippen LogP contribution in [0.2, 0.25) is 0 Å². The maximum absolute atomic E-state index is 12.1. The molecular weight excluding hydrogens is 314 g/mol. The van der Waals surface area contributed by atoms with Crippen molar-refractivity contribution in [3.63, 3.8) is 0 Å². The second kappa shape index (κ2) is 6.28. The molecule has 0 saturated heterocycles. The Kier molecular flexibility index (Phi) is 5.52. The van der Waals surface area contributed by atoms with Crippen molar-refractivity contribution >= 4 is 27.3 Å². The molecule has 0 spiro atoms. The fraction of sp³-hybridized carbons (Fsp3) is 0.538. The minimum atomic E-state index is -1.10. The summed E-state index contributed by atoms with van der Waals surface area (Å²) in [4.78, 5) is 0. The summed E-state index contributed by atoms with van der Waals surface area (Å²) in [5.74, 6) is 0.795. The van der Waals surface area contributed by atoms with Gasteiger partial charge >= 0.3 is 0 Å². The van der Waals surface area contributed by atoms with E-state index in [0.717, 1.165) is 15.8 Å². The lowest BCUT2D eigenvalue weighted by atomic mass is 10.1. The van der Waals surface area contributed by atoms with Crippen molar-refractivity contribution in [2.75, 3.05) is 7.11 Å². The Balaban J connectivity index is 2.87. The van der Waals surface area contributed by atoms with Crippen LogP contribution in [-0.2, 0) is 11.4 Å². The second-order valence-corrected chi connectivity index (χ2v) is 7.96. The smallest absolute Gasteiger partial charge is 0.136 e. The zero-order chi connectivity index (χ0) is 13.9. The molecule has 0 bridgehead atoms. The van der Waals surface area contributed by atoms with E-state index < -0.39 is 11.4 Å². The van der Waals surface area contributed by atoms with E-state index in [1.807, 2.05) is 45.9 Å². The molecule has 1 N–H and O–H groups in total. The average Bonchev–Trinajstić information content (AvgIpc) is 2.28. The first-order valence-electron chi connectivity index (χ1n) is 5.77. The van der Waals surface area contributed by atoms with Crippen LogP contribution in [0.4, 0.5) is 0 Å². The Hall–Kier alpha value is -0.230. The molecule has 0 saturated carbocycles. The van der Waals surface area contributed by atoms with E-state index in [9.17, 15) is 4.55 Å². The molecule has 0 aliphatic carbocycles. The molecule has 0 aromatic heterocycles. The predicted molar refractivity (Wildman–Crippen MR) is 80.1 cm³/mol. The minimum Gasteiger partial charge on any atom is -0.598 e. The highest BCUT2D eigenvalue weighted by atomic mass is 79.9. The molecule has 0 amide bonds. The first-order chi connectivity index (χ1) is 8.25. The third-order valence-electron chi connectivity index (χ3n) is 2.51. The number of nitrogens with one attached hydrogen (secondary N) is 1. The molecule has 3 nitrogen and oxygen atoms in total. The minimum absolute atomic E-state index is 0.0190. The maximum Gasteiger partial charge on any atom is 0.136 e. The molecule has 1 rings (SSSR count). The third kappa shape index (κ3) is 4.16. The molecule has 0 radical (unpaired) electrons. The highest BCUT2D eigenvalue weighted by Gasteiger charge is 2.28. The van der Waals surface area contributed by atoms with Crippen LogP contribution in [-0.4, -0.2) is 16.4 Å². The lowest BCUT2D eigenvalue weighted by Gasteiger charge is -2.27. The van der Waals surface area contributed by atoms with Crippen molar-refractivity contribution in [2.45, 2.75) is 38.5 Å². The standard InChI is InChI=1S/C13H20BrNO2S/c1-9(15-18(16)13(2,3)4)11-8-10(17-5)6-7-12(11)14/h6-9,15H,1-5H3/t9-,18-/m1/s1. The Labute approximate surface area is 121 Å². The van der Waals surface area contributed by atoms with Crippen LogP contribution in [0, 0.1) is 0 Å². The monoisotopic (exact) mass is 333 g/mol. The summed E-state index contributed by atoms with van der Waals surface area (Å²) in [5, 5.41) is 0. The normalized spacial score (nSPS) is 15.3. The highest BCUT2D eigenvalue weighted by molar-refractivity contribution is 9.10. The van der Waals surface area contributed by atoms with Gasteiger partial charge < -0.3 is 9.29 Å². The number of methoxy groups -OCH3 is 1. The number of hydrogen-bond donors (Lipinski definition) is 1.